The highest BCUT2D eigenvalue weighted by molar-refractivity contribution is 9.10. The van der Waals surface area contributed by atoms with Crippen molar-refractivity contribution in [2.24, 2.45) is 5.84 Å². The van der Waals surface area contributed by atoms with Crippen LogP contribution in [-0.4, -0.2) is 17.1 Å². The van der Waals surface area contributed by atoms with E-state index in [-0.39, 0.29) is 0 Å². The topological polar surface area (TPSA) is 73.1 Å². The first-order valence-electron chi connectivity index (χ1n) is 5.44. The van der Waals surface area contributed by atoms with Gasteiger partial charge in [0.15, 0.2) is 0 Å². The quantitative estimate of drug-likeness (QED) is 0.659. The third kappa shape index (κ3) is 2.87. The molecule has 0 bridgehead atoms. The van der Waals surface area contributed by atoms with E-state index in [2.05, 4.69) is 31.3 Å². The fourth-order valence-electron chi connectivity index (χ4n) is 1.75. The van der Waals surface area contributed by atoms with Crippen LogP contribution in [0.1, 0.15) is 17.3 Å². The molecule has 0 amide bonds. The van der Waals surface area contributed by atoms with Gasteiger partial charge in [0.25, 0.3) is 0 Å². The Labute approximate surface area is 124 Å². The summed E-state index contributed by atoms with van der Waals surface area (Å²) in [6.45, 7) is 0. The Hall–Kier alpha value is -1.21. The zero-order chi connectivity index (χ0) is 13.8. The van der Waals surface area contributed by atoms with Gasteiger partial charge in [-0.2, -0.15) is 0 Å². The molecule has 0 aliphatic heterocycles. The summed E-state index contributed by atoms with van der Waals surface area (Å²) in [6, 6.07) is 5.19. The number of halogens is 2. The minimum Gasteiger partial charge on any atom is -0.480 e. The van der Waals surface area contributed by atoms with Crippen molar-refractivity contribution in [1.82, 2.24) is 15.4 Å². The lowest BCUT2D eigenvalue weighted by Crippen LogP contribution is -2.30. The molecular weight excluding hydrogens is 332 g/mol. The van der Waals surface area contributed by atoms with E-state index < -0.39 is 6.04 Å². The molecular formula is C12H12BrClN4O. The van der Waals surface area contributed by atoms with Crippen LogP contribution in [0.2, 0.25) is 5.02 Å². The molecule has 0 saturated carbocycles. The van der Waals surface area contributed by atoms with E-state index in [1.165, 1.54) is 7.11 Å². The van der Waals surface area contributed by atoms with Gasteiger partial charge in [-0.05, 0) is 27.6 Å². The molecule has 1 aromatic heterocycles. The number of hydrazine groups is 1. The molecule has 0 saturated heterocycles. The SMILES string of the molecule is COc1nccnc1C(NN)c1cccc(Br)c1Cl. The van der Waals surface area contributed by atoms with E-state index >= 15 is 0 Å². The van der Waals surface area contributed by atoms with Gasteiger partial charge >= 0.3 is 0 Å². The Kier molecular flexibility index (Phi) is 4.71. The van der Waals surface area contributed by atoms with Crippen LogP contribution in [0.4, 0.5) is 0 Å². The number of nitrogens with one attached hydrogen (secondary N) is 1. The van der Waals surface area contributed by atoms with Crippen molar-refractivity contribution in [1.29, 1.82) is 0 Å². The lowest BCUT2D eigenvalue weighted by Gasteiger charge is -2.19. The summed E-state index contributed by atoms with van der Waals surface area (Å²) in [5.74, 6) is 6.04. The Bertz CT molecular complexity index is 581. The molecule has 1 unspecified atom stereocenters. The molecule has 0 fully saturated rings. The molecule has 19 heavy (non-hydrogen) atoms. The molecule has 1 heterocycles. The molecule has 1 aromatic carbocycles. The normalized spacial score (nSPS) is 12.2. The van der Waals surface area contributed by atoms with E-state index in [0.717, 1.165) is 10.0 Å². The van der Waals surface area contributed by atoms with Crippen LogP contribution in [0.3, 0.4) is 0 Å². The Balaban J connectivity index is 2.53. The number of hydrogen-bond acceptors (Lipinski definition) is 5. The van der Waals surface area contributed by atoms with Gasteiger partial charge in [0.05, 0.1) is 18.2 Å². The predicted octanol–water partition coefficient (Wildman–Crippen LogP) is 2.45. The van der Waals surface area contributed by atoms with Crippen molar-refractivity contribution < 1.29 is 4.74 Å². The van der Waals surface area contributed by atoms with Crippen molar-refractivity contribution in [2.75, 3.05) is 7.11 Å². The predicted molar refractivity (Wildman–Crippen MR) is 76.9 cm³/mol. The number of hydrogen-bond donors (Lipinski definition) is 2. The molecule has 0 radical (unpaired) electrons. The molecule has 100 valence electrons. The summed E-state index contributed by atoms with van der Waals surface area (Å²) in [6.07, 6.45) is 3.13. The smallest absolute Gasteiger partial charge is 0.237 e. The second kappa shape index (κ2) is 6.29. The van der Waals surface area contributed by atoms with Gasteiger partial charge in [-0.3, -0.25) is 10.8 Å². The van der Waals surface area contributed by atoms with Gasteiger partial charge in [-0.1, -0.05) is 23.7 Å². The van der Waals surface area contributed by atoms with Crippen molar-refractivity contribution in [3.8, 4) is 5.88 Å². The zero-order valence-corrected chi connectivity index (χ0v) is 12.4. The fourth-order valence-corrected chi connectivity index (χ4v) is 2.37. The van der Waals surface area contributed by atoms with Crippen LogP contribution in [0.15, 0.2) is 35.1 Å². The Morgan fingerprint density at radius 1 is 1.37 bits per heavy atom. The highest BCUT2D eigenvalue weighted by atomic mass is 79.9. The number of methoxy groups -OCH3 is 1. The average Bonchev–Trinajstić information content (AvgIpc) is 2.45. The lowest BCUT2D eigenvalue weighted by atomic mass is 10.0. The summed E-state index contributed by atoms with van der Waals surface area (Å²) < 4.78 is 5.98. The number of rotatable bonds is 4. The molecule has 1 atom stereocenters. The number of nitrogens with two attached hydrogens (primary N) is 1. The van der Waals surface area contributed by atoms with Crippen molar-refractivity contribution in [3.63, 3.8) is 0 Å². The minimum absolute atomic E-state index is 0.404. The van der Waals surface area contributed by atoms with E-state index in [9.17, 15) is 0 Å². The van der Waals surface area contributed by atoms with Gasteiger partial charge in [0, 0.05) is 16.9 Å². The van der Waals surface area contributed by atoms with Gasteiger partial charge in [-0.15, -0.1) is 0 Å². The summed E-state index contributed by atoms with van der Waals surface area (Å²) in [5.41, 5.74) is 4.06. The maximum absolute atomic E-state index is 6.28. The maximum atomic E-state index is 6.28. The van der Waals surface area contributed by atoms with Gasteiger partial charge in [0.2, 0.25) is 5.88 Å². The first-order chi connectivity index (χ1) is 9.19. The van der Waals surface area contributed by atoms with Gasteiger partial charge < -0.3 is 4.74 Å². The Morgan fingerprint density at radius 3 is 2.79 bits per heavy atom. The van der Waals surface area contributed by atoms with E-state index in [1.54, 1.807) is 12.4 Å². The minimum atomic E-state index is -0.409. The molecule has 5 nitrogen and oxygen atoms in total. The summed E-state index contributed by atoms with van der Waals surface area (Å²) >= 11 is 9.66. The molecule has 7 heteroatoms. The largest absolute Gasteiger partial charge is 0.480 e. The van der Waals surface area contributed by atoms with Gasteiger partial charge in [-0.25, -0.2) is 10.4 Å². The van der Waals surface area contributed by atoms with Crippen molar-refractivity contribution in [3.05, 3.63) is 51.3 Å². The molecule has 0 aliphatic carbocycles. The van der Waals surface area contributed by atoms with E-state index in [0.29, 0.717) is 16.6 Å². The fraction of sp³-hybridized carbons (Fsp3) is 0.167. The van der Waals surface area contributed by atoms with Crippen LogP contribution in [0.5, 0.6) is 5.88 Å². The number of ether oxygens (including phenoxy) is 1. The summed E-state index contributed by atoms with van der Waals surface area (Å²) in [7, 11) is 1.53. The van der Waals surface area contributed by atoms with Crippen LogP contribution in [-0.2, 0) is 0 Å². The van der Waals surface area contributed by atoms with E-state index in [4.69, 9.17) is 22.2 Å². The average molecular weight is 344 g/mol. The highest BCUT2D eigenvalue weighted by Gasteiger charge is 2.22. The van der Waals surface area contributed by atoms with Gasteiger partial charge in [0.1, 0.15) is 5.69 Å². The number of aromatic nitrogens is 2. The zero-order valence-electron chi connectivity index (χ0n) is 10.1. The van der Waals surface area contributed by atoms with Crippen LogP contribution < -0.4 is 16.0 Å². The third-order valence-electron chi connectivity index (χ3n) is 2.62. The van der Waals surface area contributed by atoms with Crippen molar-refractivity contribution >= 4 is 27.5 Å². The second-order valence-electron chi connectivity index (χ2n) is 3.69. The molecule has 0 aliphatic rings. The summed E-state index contributed by atoms with van der Waals surface area (Å²) in [4.78, 5) is 8.37. The summed E-state index contributed by atoms with van der Waals surface area (Å²) in [5, 5.41) is 0.568. The van der Waals surface area contributed by atoms with E-state index in [1.807, 2.05) is 18.2 Å². The second-order valence-corrected chi connectivity index (χ2v) is 4.93. The number of nitrogens with zero attached hydrogens (tertiary/aromatic N) is 2. The third-order valence-corrected chi connectivity index (χ3v) is 3.93. The number of benzene rings is 1. The lowest BCUT2D eigenvalue weighted by molar-refractivity contribution is 0.383. The molecule has 2 rings (SSSR count). The molecule has 3 N–H and O–H groups in total. The highest BCUT2D eigenvalue weighted by Crippen LogP contribution is 2.34. The Morgan fingerprint density at radius 2 is 2.11 bits per heavy atom. The standard InChI is InChI=1S/C12H12BrClN4O/c1-19-12-11(16-5-6-17-12)10(18-15)7-3-2-4-8(13)9(7)14/h2-6,10,18H,15H2,1H3. The van der Waals surface area contributed by atoms with Crippen molar-refractivity contribution in [2.45, 2.75) is 6.04 Å². The van der Waals surface area contributed by atoms with Crippen LogP contribution >= 0.6 is 27.5 Å². The van der Waals surface area contributed by atoms with Crippen LogP contribution in [0, 0.1) is 0 Å². The molecule has 2 aromatic rings. The monoisotopic (exact) mass is 342 g/mol. The maximum Gasteiger partial charge on any atom is 0.237 e. The first-order valence-corrected chi connectivity index (χ1v) is 6.61. The van der Waals surface area contributed by atoms with Crippen LogP contribution in [0.25, 0.3) is 0 Å². The molecule has 0 spiro atoms. The first kappa shape index (κ1) is 14.2.